The van der Waals surface area contributed by atoms with E-state index in [2.05, 4.69) is 21.2 Å². The number of ether oxygens (including phenoxy) is 1. The van der Waals surface area contributed by atoms with Gasteiger partial charge in [-0.3, -0.25) is 4.79 Å². The molecule has 0 bridgehead atoms. The van der Waals surface area contributed by atoms with Gasteiger partial charge in [0, 0.05) is 10.2 Å². The average Bonchev–Trinajstić information content (AvgIpc) is 2.42. The molecule has 0 aliphatic carbocycles. The highest BCUT2D eigenvalue weighted by Gasteiger charge is 2.09. The maximum atomic E-state index is 12.8. The molecule has 0 fully saturated rings. The Morgan fingerprint density at radius 3 is 2.33 bits per heavy atom. The largest absolute Gasteiger partial charge is 0.484 e. The van der Waals surface area contributed by atoms with Gasteiger partial charge in [0.1, 0.15) is 11.6 Å². The number of amides is 1. The maximum absolute atomic E-state index is 12.8. The molecule has 1 amide bonds. The lowest BCUT2D eigenvalue weighted by molar-refractivity contribution is -0.118. The number of carbonyl (C=O) groups excluding carboxylic acids is 1. The van der Waals surface area contributed by atoms with Gasteiger partial charge in [0.2, 0.25) is 0 Å². The SMILES string of the molecule is Cc1cc(Br)cc(C)c1NC(=O)COc1ccc(F)cc1. The van der Waals surface area contributed by atoms with Crippen LogP contribution in [0.5, 0.6) is 5.75 Å². The number of aryl methyl sites for hydroxylation is 2. The zero-order valence-corrected chi connectivity index (χ0v) is 13.3. The van der Waals surface area contributed by atoms with Crippen LogP contribution in [-0.4, -0.2) is 12.5 Å². The standard InChI is InChI=1S/C16H15BrFNO2/c1-10-7-12(17)8-11(2)16(10)19-15(20)9-21-14-5-3-13(18)4-6-14/h3-8H,9H2,1-2H3,(H,19,20). The van der Waals surface area contributed by atoms with Crippen LogP contribution in [0.4, 0.5) is 10.1 Å². The van der Waals surface area contributed by atoms with Crippen LogP contribution in [-0.2, 0) is 4.79 Å². The van der Waals surface area contributed by atoms with E-state index in [1.54, 1.807) is 0 Å². The third-order valence-electron chi connectivity index (χ3n) is 2.95. The number of halogens is 2. The second-order valence-electron chi connectivity index (χ2n) is 4.71. The van der Waals surface area contributed by atoms with E-state index in [0.29, 0.717) is 5.75 Å². The van der Waals surface area contributed by atoms with Gasteiger partial charge >= 0.3 is 0 Å². The van der Waals surface area contributed by atoms with E-state index in [0.717, 1.165) is 21.3 Å². The van der Waals surface area contributed by atoms with Crippen LogP contribution in [0.25, 0.3) is 0 Å². The third kappa shape index (κ3) is 4.29. The fourth-order valence-electron chi connectivity index (χ4n) is 1.96. The first-order valence-electron chi connectivity index (χ1n) is 6.40. The summed E-state index contributed by atoms with van der Waals surface area (Å²) in [7, 11) is 0. The third-order valence-corrected chi connectivity index (χ3v) is 3.40. The smallest absolute Gasteiger partial charge is 0.262 e. The van der Waals surface area contributed by atoms with Gasteiger partial charge in [-0.2, -0.15) is 0 Å². The molecule has 0 atom stereocenters. The molecular formula is C16H15BrFNO2. The minimum Gasteiger partial charge on any atom is -0.484 e. The Kier molecular flexibility index (Phi) is 4.96. The van der Waals surface area contributed by atoms with E-state index < -0.39 is 0 Å². The molecule has 0 heterocycles. The predicted octanol–water partition coefficient (Wildman–Crippen LogP) is 4.22. The number of nitrogens with one attached hydrogen (secondary N) is 1. The molecule has 2 aromatic rings. The first-order chi connectivity index (χ1) is 9.95. The maximum Gasteiger partial charge on any atom is 0.262 e. The Bertz CT molecular complexity index is 633. The Morgan fingerprint density at radius 2 is 1.76 bits per heavy atom. The topological polar surface area (TPSA) is 38.3 Å². The van der Waals surface area contributed by atoms with Crippen LogP contribution in [0.1, 0.15) is 11.1 Å². The summed E-state index contributed by atoms with van der Waals surface area (Å²) in [6.45, 7) is 3.73. The lowest BCUT2D eigenvalue weighted by Crippen LogP contribution is -2.21. The summed E-state index contributed by atoms with van der Waals surface area (Å²) in [4.78, 5) is 11.9. The molecule has 0 unspecified atom stereocenters. The molecule has 0 spiro atoms. The molecule has 0 aliphatic rings. The zero-order chi connectivity index (χ0) is 15.4. The Hall–Kier alpha value is -1.88. The average molecular weight is 352 g/mol. The second kappa shape index (κ2) is 6.72. The molecule has 5 heteroatoms. The molecule has 1 N–H and O–H groups in total. The second-order valence-corrected chi connectivity index (χ2v) is 5.62. The highest BCUT2D eigenvalue weighted by molar-refractivity contribution is 9.10. The zero-order valence-electron chi connectivity index (χ0n) is 11.7. The number of carbonyl (C=O) groups is 1. The molecule has 0 radical (unpaired) electrons. The van der Waals surface area contributed by atoms with Gasteiger partial charge in [-0.1, -0.05) is 15.9 Å². The Labute approximate surface area is 131 Å². The van der Waals surface area contributed by atoms with E-state index in [-0.39, 0.29) is 18.3 Å². The van der Waals surface area contributed by atoms with Crippen molar-refractivity contribution in [3.05, 3.63) is 57.8 Å². The Balaban J connectivity index is 1.97. The minimum absolute atomic E-state index is 0.124. The molecule has 2 rings (SSSR count). The van der Waals surface area contributed by atoms with Crippen molar-refractivity contribution < 1.29 is 13.9 Å². The summed E-state index contributed by atoms with van der Waals surface area (Å²) in [5.41, 5.74) is 2.72. The molecule has 0 saturated heterocycles. The summed E-state index contributed by atoms with van der Waals surface area (Å²) >= 11 is 3.41. The van der Waals surface area contributed by atoms with Gasteiger partial charge < -0.3 is 10.1 Å². The highest BCUT2D eigenvalue weighted by atomic mass is 79.9. The van der Waals surface area contributed by atoms with Crippen molar-refractivity contribution in [1.29, 1.82) is 0 Å². The van der Waals surface area contributed by atoms with Gasteiger partial charge in [-0.15, -0.1) is 0 Å². The van der Waals surface area contributed by atoms with Crippen molar-refractivity contribution in [2.24, 2.45) is 0 Å². The van der Waals surface area contributed by atoms with Crippen molar-refractivity contribution >= 4 is 27.5 Å². The van der Waals surface area contributed by atoms with Gasteiger partial charge in [0.15, 0.2) is 6.61 Å². The molecular weight excluding hydrogens is 337 g/mol. The number of anilines is 1. The fraction of sp³-hybridized carbons (Fsp3) is 0.188. The lowest BCUT2D eigenvalue weighted by atomic mass is 10.1. The monoisotopic (exact) mass is 351 g/mol. The molecule has 2 aromatic carbocycles. The number of rotatable bonds is 4. The summed E-state index contributed by atoms with van der Waals surface area (Å²) in [6, 6.07) is 9.41. The van der Waals surface area contributed by atoms with Crippen molar-refractivity contribution in [3.8, 4) is 5.75 Å². The summed E-state index contributed by atoms with van der Waals surface area (Å²) in [5.74, 6) is -0.142. The van der Waals surface area contributed by atoms with Crippen molar-refractivity contribution in [2.45, 2.75) is 13.8 Å². The number of benzene rings is 2. The van der Waals surface area contributed by atoms with Crippen molar-refractivity contribution in [3.63, 3.8) is 0 Å². The Morgan fingerprint density at radius 1 is 1.19 bits per heavy atom. The normalized spacial score (nSPS) is 10.3. The van der Waals surface area contributed by atoms with E-state index in [1.165, 1.54) is 24.3 Å². The van der Waals surface area contributed by atoms with E-state index in [9.17, 15) is 9.18 Å². The van der Waals surface area contributed by atoms with Gasteiger partial charge in [-0.25, -0.2) is 4.39 Å². The highest BCUT2D eigenvalue weighted by Crippen LogP contribution is 2.25. The summed E-state index contributed by atoms with van der Waals surface area (Å²) in [6.07, 6.45) is 0. The number of hydrogen-bond acceptors (Lipinski definition) is 2. The van der Waals surface area contributed by atoms with Gasteiger partial charge in [0.25, 0.3) is 5.91 Å². The predicted molar refractivity (Wildman–Crippen MR) is 84.1 cm³/mol. The first-order valence-corrected chi connectivity index (χ1v) is 7.20. The van der Waals surface area contributed by atoms with E-state index >= 15 is 0 Å². The van der Waals surface area contributed by atoms with Crippen LogP contribution >= 0.6 is 15.9 Å². The molecule has 21 heavy (non-hydrogen) atoms. The van der Waals surface area contributed by atoms with Crippen LogP contribution < -0.4 is 10.1 Å². The molecule has 0 aromatic heterocycles. The van der Waals surface area contributed by atoms with Crippen LogP contribution in [0.2, 0.25) is 0 Å². The molecule has 3 nitrogen and oxygen atoms in total. The lowest BCUT2D eigenvalue weighted by Gasteiger charge is -2.13. The van der Waals surface area contributed by atoms with Crippen LogP contribution in [0.15, 0.2) is 40.9 Å². The van der Waals surface area contributed by atoms with Crippen LogP contribution in [0.3, 0.4) is 0 Å². The summed E-state index contributed by atoms with van der Waals surface area (Å²) < 4.78 is 19.0. The van der Waals surface area contributed by atoms with Gasteiger partial charge in [-0.05, 0) is 61.4 Å². The quantitative estimate of drug-likeness (QED) is 0.895. The van der Waals surface area contributed by atoms with Crippen molar-refractivity contribution in [2.75, 3.05) is 11.9 Å². The molecule has 0 aliphatic heterocycles. The minimum atomic E-state index is -0.340. The first kappa shape index (κ1) is 15.5. The van der Waals surface area contributed by atoms with Gasteiger partial charge in [0.05, 0.1) is 0 Å². The fourth-order valence-corrected chi connectivity index (χ4v) is 2.65. The molecule has 0 saturated carbocycles. The van der Waals surface area contributed by atoms with E-state index in [4.69, 9.17) is 4.74 Å². The summed E-state index contributed by atoms with van der Waals surface area (Å²) in [5, 5.41) is 2.83. The number of hydrogen-bond donors (Lipinski definition) is 1. The van der Waals surface area contributed by atoms with E-state index in [1.807, 2.05) is 26.0 Å². The molecule has 110 valence electrons. The van der Waals surface area contributed by atoms with Crippen LogP contribution in [0, 0.1) is 19.7 Å². The van der Waals surface area contributed by atoms with Crippen molar-refractivity contribution in [1.82, 2.24) is 0 Å².